The molecular weight excluding hydrogens is 467 g/mol. The van der Waals surface area contributed by atoms with Gasteiger partial charge in [-0.15, -0.1) is 0 Å². The summed E-state index contributed by atoms with van der Waals surface area (Å²) >= 11 is 0. The van der Waals surface area contributed by atoms with Crippen molar-refractivity contribution in [1.82, 2.24) is 5.32 Å². The Bertz CT molecular complexity index is 712. The molecule has 0 radical (unpaired) electrons. The van der Waals surface area contributed by atoms with E-state index in [-0.39, 0.29) is 42.5 Å². The molecule has 0 aromatic carbocycles. The molecule has 0 spiro atoms. The average Bonchev–Trinajstić information content (AvgIpc) is 2.48. The fraction of sp³-hybridized carbons (Fsp3) is 0.929. The number of hydrogen-bond acceptors (Lipinski definition) is 10. The molecule has 0 atom stereocenters. The first-order valence-corrected chi connectivity index (χ1v) is 16.9. The van der Waals surface area contributed by atoms with Crippen molar-refractivity contribution in [2.45, 2.75) is 31.4 Å². The Balaban J connectivity index is 4.77. The van der Waals surface area contributed by atoms with Crippen LogP contribution in [-0.2, 0) is 33.4 Å². The van der Waals surface area contributed by atoms with E-state index in [0.717, 1.165) is 12.5 Å². The molecule has 0 unspecified atom stereocenters. The molecule has 14 heteroatoms. The molecule has 0 rings (SSSR count). The van der Waals surface area contributed by atoms with Crippen LogP contribution < -0.4 is 5.32 Å². The summed E-state index contributed by atoms with van der Waals surface area (Å²) in [5.41, 5.74) is 0. The molecule has 0 aliphatic rings. The van der Waals surface area contributed by atoms with E-state index in [1.165, 1.54) is 0 Å². The maximum atomic E-state index is 12.2. The molecule has 0 saturated carbocycles. The zero-order chi connectivity index (χ0) is 22.1. The van der Waals surface area contributed by atoms with E-state index < -0.39 is 27.3 Å². The van der Waals surface area contributed by atoms with Crippen molar-refractivity contribution in [2.24, 2.45) is 0 Å². The Labute approximate surface area is 177 Å². The highest BCUT2D eigenvalue weighted by molar-refractivity contribution is 8.76. The highest BCUT2D eigenvalue weighted by atomic mass is 33.1. The molecule has 0 fully saturated rings. The number of carbonyl (C=O) groups excluding carboxylic acids is 1. The Hall–Kier alpha value is 0.220. The van der Waals surface area contributed by atoms with Gasteiger partial charge in [-0.25, -0.2) is 0 Å². The third-order valence-corrected chi connectivity index (χ3v) is 10.2. The van der Waals surface area contributed by atoms with E-state index >= 15 is 0 Å². The molecule has 0 aliphatic heterocycles. The third-order valence-electron chi connectivity index (χ3n) is 3.48. The Kier molecular flexibility index (Phi) is 12.3. The fourth-order valence-electron chi connectivity index (χ4n) is 2.01. The lowest BCUT2D eigenvalue weighted by molar-refractivity contribution is -0.120. The van der Waals surface area contributed by atoms with Gasteiger partial charge in [-0.2, -0.15) is 16.8 Å². The second kappa shape index (κ2) is 12.2. The molecule has 168 valence electrons. The number of rotatable bonds is 15. The highest BCUT2D eigenvalue weighted by Gasteiger charge is 2.23. The zero-order valence-electron chi connectivity index (χ0n) is 16.9. The minimum absolute atomic E-state index is 0.0438. The smallest absolute Gasteiger partial charge is 0.264 e. The molecule has 0 bridgehead atoms. The van der Waals surface area contributed by atoms with Crippen molar-refractivity contribution >= 4 is 54.8 Å². The first kappa shape index (κ1) is 28.2. The van der Waals surface area contributed by atoms with Crippen LogP contribution in [0.15, 0.2) is 0 Å². The quantitative estimate of drug-likeness (QED) is 0.198. The highest BCUT2D eigenvalue weighted by Crippen LogP contribution is 2.45. The first-order valence-electron chi connectivity index (χ1n) is 8.36. The summed E-state index contributed by atoms with van der Waals surface area (Å²) in [7, 11) is -6.60. The van der Waals surface area contributed by atoms with Crippen LogP contribution in [0.4, 0.5) is 0 Å². The minimum atomic E-state index is -3.64. The van der Waals surface area contributed by atoms with Crippen molar-refractivity contribution in [3.05, 3.63) is 0 Å². The molecule has 0 aromatic heterocycles. The molecular formula is C14H31N2O7PS4. The molecule has 1 amide bonds. The van der Waals surface area contributed by atoms with Gasteiger partial charge in [0, 0.05) is 23.5 Å². The maximum Gasteiger partial charge on any atom is 0.264 e. The molecule has 9 nitrogen and oxygen atoms in total. The Morgan fingerprint density at radius 2 is 1.54 bits per heavy atom. The largest absolute Gasteiger partial charge is 0.351 e. The average molecular weight is 499 g/mol. The molecule has 28 heavy (non-hydrogen) atoms. The van der Waals surface area contributed by atoms with Crippen molar-refractivity contribution in [2.75, 3.05) is 50.6 Å². The van der Waals surface area contributed by atoms with Crippen LogP contribution in [0.3, 0.4) is 0 Å². The van der Waals surface area contributed by atoms with Gasteiger partial charge >= 0.3 is 0 Å². The lowest BCUT2D eigenvalue weighted by Gasteiger charge is -2.24. The summed E-state index contributed by atoms with van der Waals surface area (Å²) < 4.78 is 53.8. The van der Waals surface area contributed by atoms with Crippen molar-refractivity contribution in [1.29, 1.82) is 5.16 Å². The molecule has 0 heterocycles. The molecule has 0 aromatic rings. The van der Waals surface area contributed by atoms with Crippen molar-refractivity contribution in [3.8, 4) is 0 Å². The van der Waals surface area contributed by atoms with Crippen LogP contribution in [0, 0.1) is 5.16 Å². The van der Waals surface area contributed by atoms with E-state index in [0.29, 0.717) is 12.8 Å². The van der Waals surface area contributed by atoms with Gasteiger partial charge < -0.3 is 10.5 Å². The van der Waals surface area contributed by atoms with Crippen LogP contribution in [-0.4, -0.2) is 78.1 Å². The van der Waals surface area contributed by atoms with Gasteiger partial charge in [-0.3, -0.25) is 13.2 Å². The number of carbonyl (C=O) groups is 1. The van der Waals surface area contributed by atoms with Crippen LogP contribution in [0.5, 0.6) is 0 Å². The van der Waals surface area contributed by atoms with E-state index in [1.54, 1.807) is 21.6 Å². The Morgan fingerprint density at radius 3 is 1.93 bits per heavy atom. The van der Waals surface area contributed by atoms with Gasteiger partial charge in [0.15, 0.2) is 0 Å². The fourth-order valence-corrected chi connectivity index (χ4v) is 7.17. The van der Waals surface area contributed by atoms with Crippen LogP contribution in [0.25, 0.3) is 0 Å². The van der Waals surface area contributed by atoms with Gasteiger partial charge in [0.2, 0.25) is 5.91 Å². The number of hydrogen-bond donors (Lipinski definition) is 2. The predicted molar refractivity (Wildman–Crippen MR) is 118 cm³/mol. The van der Waals surface area contributed by atoms with E-state index in [9.17, 15) is 21.6 Å². The molecule has 2 N–H and O–H groups in total. The lowest BCUT2D eigenvalue weighted by atomic mass is 10.1. The van der Waals surface area contributed by atoms with Gasteiger partial charge in [-0.1, -0.05) is 21.6 Å². The number of nitrogens with one attached hydrogen (secondary N) is 2. The van der Waals surface area contributed by atoms with Gasteiger partial charge in [-0.05, 0) is 33.6 Å². The summed E-state index contributed by atoms with van der Waals surface area (Å²) in [4.78, 5) is 12.2. The van der Waals surface area contributed by atoms with E-state index in [4.69, 9.17) is 13.5 Å². The summed E-state index contributed by atoms with van der Waals surface area (Å²) in [6.45, 7) is 3.72. The summed E-state index contributed by atoms with van der Waals surface area (Å²) in [6, 6.07) is 0. The summed E-state index contributed by atoms with van der Waals surface area (Å²) in [5.74, 6) is -0.195. The van der Waals surface area contributed by atoms with Crippen LogP contribution >= 0.6 is 28.6 Å². The summed E-state index contributed by atoms with van der Waals surface area (Å²) in [6.07, 6.45) is 5.02. The minimum Gasteiger partial charge on any atom is -0.351 e. The van der Waals surface area contributed by atoms with Crippen molar-refractivity contribution in [3.63, 3.8) is 0 Å². The van der Waals surface area contributed by atoms with Gasteiger partial charge in [0.05, 0.1) is 32.0 Å². The maximum absolute atomic E-state index is 12.2. The lowest BCUT2D eigenvalue weighted by Crippen LogP contribution is -2.28. The zero-order valence-corrected chi connectivity index (χ0v) is 21.0. The number of amides is 1. The predicted octanol–water partition coefficient (Wildman–Crippen LogP) is 2.36. The molecule has 0 aliphatic carbocycles. The molecule has 0 saturated heterocycles. The first-order chi connectivity index (χ1) is 12.6. The van der Waals surface area contributed by atoms with Gasteiger partial charge in [0.1, 0.15) is 0 Å². The van der Waals surface area contributed by atoms with Crippen molar-refractivity contribution < 1.29 is 30.0 Å². The van der Waals surface area contributed by atoms with Crippen LogP contribution in [0.1, 0.15) is 26.7 Å². The monoisotopic (exact) mass is 498 g/mol. The SMILES string of the molecule is CSSC(C)(C)CCC(=O)NCP(=N)(CCOS(C)(=O)=O)CCOS(C)(=O)=O. The van der Waals surface area contributed by atoms with Gasteiger partial charge in [0.25, 0.3) is 20.2 Å². The third kappa shape index (κ3) is 16.1. The normalized spacial score (nSPS) is 13.5. The summed E-state index contributed by atoms with van der Waals surface area (Å²) in [5, 5.41) is 11.3. The van der Waals surface area contributed by atoms with E-state index in [2.05, 4.69) is 5.32 Å². The second-order valence-electron chi connectivity index (χ2n) is 6.91. The topological polar surface area (TPSA) is 140 Å². The standard InChI is InChI=1S/C14H31N2O7PS4/c1-14(2,26-25-3)7-6-13(17)16-12-24(15,10-8-22-27(4,18)19)11-9-23-28(5,20)21/h15H,6-12H2,1-5H3,(H,16,17). The van der Waals surface area contributed by atoms with E-state index in [1.807, 2.05) is 20.1 Å². The van der Waals surface area contributed by atoms with Crippen LogP contribution in [0.2, 0.25) is 0 Å². The Morgan fingerprint density at radius 1 is 1.07 bits per heavy atom. The second-order valence-corrected chi connectivity index (χ2v) is 16.8.